The molecule has 2 fully saturated rings. The summed E-state index contributed by atoms with van der Waals surface area (Å²) in [5, 5.41) is 0. The summed E-state index contributed by atoms with van der Waals surface area (Å²) in [6.07, 6.45) is 9.77. The Balaban J connectivity index is 1.65. The van der Waals surface area contributed by atoms with Gasteiger partial charge in [0, 0.05) is 12.0 Å². The Hall–Kier alpha value is -0.610. The highest BCUT2D eigenvalue weighted by Gasteiger charge is 2.24. The van der Waals surface area contributed by atoms with E-state index in [1.54, 1.807) is 0 Å². The van der Waals surface area contributed by atoms with Crippen LogP contribution in [0, 0.1) is 5.92 Å². The fraction of sp³-hybridized carbons (Fsp3) is 0.923. The largest absolute Gasteiger partial charge is 0.328 e. The molecule has 17 heavy (non-hydrogen) atoms. The normalized spacial score (nSPS) is 31.1. The molecular formula is C13H24N2O2. The molecule has 0 aromatic rings. The number of rotatable bonds is 3. The van der Waals surface area contributed by atoms with Gasteiger partial charge >= 0.3 is 0 Å². The minimum atomic E-state index is 0.0829. The molecule has 2 aliphatic carbocycles. The summed E-state index contributed by atoms with van der Waals surface area (Å²) < 4.78 is 0. The van der Waals surface area contributed by atoms with Gasteiger partial charge in [-0.15, -0.1) is 0 Å². The van der Waals surface area contributed by atoms with E-state index < -0.39 is 0 Å². The molecule has 2 saturated carbocycles. The van der Waals surface area contributed by atoms with Crippen LogP contribution in [0.25, 0.3) is 0 Å². The Labute approximate surface area is 103 Å². The standard InChI is InChI=1S/C13H24N2O2/c14-11-6-8-12(9-7-11)17-15-13(16)10-4-2-1-3-5-10/h10-12H,1-9,14H2,(H,15,16). The van der Waals surface area contributed by atoms with Crippen molar-refractivity contribution in [1.82, 2.24) is 5.48 Å². The molecule has 2 rings (SSSR count). The summed E-state index contributed by atoms with van der Waals surface area (Å²) in [7, 11) is 0. The lowest BCUT2D eigenvalue weighted by Crippen LogP contribution is -2.38. The lowest BCUT2D eigenvalue weighted by atomic mass is 9.89. The van der Waals surface area contributed by atoms with Crippen molar-refractivity contribution in [2.45, 2.75) is 69.9 Å². The summed E-state index contributed by atoms with van der Waals surface area (Å²) in [4.78, 5) is 17.3. The minimum Gasteiger partial charge on any atom is -0.328 e. The van der Waals surface area contributed by atoms with Crippen LogP contribution in [0.4, 0.5) is 0 Å². The van der Waals surface area contributed by atoms with Crippen LogP contribution in [-0.2, 0) is 9.63 Å². The highest BCUT2D eigenvalue weighted by Crippen LogP contribution is 2.24. The number of nitrogens with two attached hydrogens (primary N) is 1. The van der Waals surface area contributed by atoms with E-state index in [-0.39, 0.29) is 17.9 Å². The van der Waals surface area contributed by atoms with Crippen molar-refractivity contribution in [3.8, 4) is 0 Å². The van der Waals surface area contributed by atoms with Gasteiger partial charge in [0.25, 0.3) is 0 Å². The third-order valence-electron chi connectivity index (χ3n) is 4.02. The maximum atomic E-state index is 11.8. The number of nitrogens with one attached hydrogen (secondary N) is 1. The van der Waals surface area contributed by atoms with E-state index in [1.807, 2.05) is 0 Å². The van der Waals surface area contributed by atoms with Crippen LogP contribution in [0.15, 0.2) is 0 Å². The number of hydrogen-bond acceptors (Lipinski definition) is 3. The molecule has 0 unspecified atom stereocenters. The molecule has 0 aromatic heterocycles. The van der Waals surface area contributed by atoms with E-state index in [9.17, 15) is 4.79 Å². The van der Waals surface area contributed by atoms with E-state index in [4.69, 9.17) is 10.6 Å². The first-order valence-corrected chi connectivity index (χ1v) is 6.97. The predicted octanol–water partition coefficient (Wildman–Crippen LogP) is 1.88. The predicted molar refractivity (Wildman–Crippen MR) is 66.0 cm³/mol. The highest BCUT2D eigenvalue weighted by molar-refractivity contribution is 5.77. The zero-order valence-corrected chi connectivity index (χ0v) is 10.5. The maximum absolute atomic E-state index is 11.8. The van der Waals surface area contributed by atoms with Crippen LogP contribution in [0.5, 0.6) is 0 Å². The quantitative estimate of drug-likeness (QED) is 0.740. The molecule has 98 valence electrons. The lowest BCUT2D eigenvalue weighted by molar-refractivity contribution is -0.145. The molecular weight excluding hydrogens is 216 g/mol. The van der Waals surface area contributed by atoms with Crippen LogP contribution in [0.1, 0.15) is 57.8 Å². The fourth-order valence-corrected chi connectivity index (χ4v) is 2.80. The summed E-state index contributed by atoms with van der Waals surface area (Å²) in [6.45, 7) is 0. The van der Waals surface area contributed by atoms with Crippen LogP contribution < -0.4 is 11.2 Å². The van der Waals surface area contributed by atoms with E-state index in [0.29, 0.717) is 6.04 Å². The second-order valence-corrected chi connectivity index (χ2v) is 5.46. The zero-order valence-electron chi connectivity index (χ0n) is 10.5. The van der Waals surface area contributed by atoms with Crippen molar-refractivity contribution in [3.63, 3.8) is 0 Å². The van der Waals surface area contributed by atoms with Gasteiger partial charge in [0.15, 0.2) is 0 Å². The van der Waals surface area contributed by atoms with Gasteiger partial charge in [-0.1, -0.05) is 19.3 Å². The molecule has 0 heterocycles. The molecule has 0 aromatic carbocycles. The number of carbonyl (C=O) groups excluding carboxylic acids is 1. The van der Waals surface area contributed by atoms with Crippen molar-refractivity contribution in [1.29, 1.82) is 0 Å². The average Bonchev–Trinajstić information content (AvgIpc) is 2.39. The van der Waals surface area contributed by atoms with E-state index in [2.05, 4.69) is 5.48 Å². The first-order valence-electron chi connectivity index (χ1n) is 6.97. The molecule has 4 nitrogen and oxygen atoms in total. The van der Waals surface area contributed by atoms with Crippen LogP contribution >= 0.6 is 0 Å². The van der Waals surface area contributed by atoms with Crippen LogP contribution in [0.3, 0.4) is 0 Å². The van der Waals surface area contributed by atoms with Crippen LogP contribution in [0.2, 0.25) is 0 Å². The minimum absolute atomic E-state index is 0.0829. The molecule has 3 N–H and O–H groups in total. The lowest BCUT2D eigenvalue weighted by Gasteiger charge is -2.27. The summed E-state index contributed by atoms with van der Waals surface area (Å²) in [5.41, 5.74) is 8.48. The van der Waals surface area contributed by atoms with Crippen molar-refractivity contribution in [2.75, 3.05) is 0 Å². The first-order chi connectivity index (χ1) is 8.25. The summed E-state index contributed by atoms with van der Waals surface area (Å²) in [6, 6.07) is 0.323. The van der Waals surface area contributed by atoms with Gasteiger partial charge in [-0.2, -0.15) is 0 Å². The van der Waals surface area contributed by atoms with Gasteiger partial charge in [0.1, 0.15) is 0 Å². The zero-order chi connectivity index (χ0) is 12.1. The molecule has 2 aliphatic rings. The molecule has 0 radical (unpaired) electrons. The Bertz CT molecular complexity index is 244. The third-order valence-corrected chi connectivity index (χ3v) is 4.02. The third kappa shape index (κ3) is 3.96. The summed E-state index contributed by atoms with van der Waals surface area (Å²) in [5.74, 6) is 0.258. The second kappa shape index (κ2) is 6.36. The van der Waals surface area contributed by atoms with Crippen molar-refractivity contribution in [2.24, 2.45) is 11.7 Å². The molecule has 4 heteroatoms. The van der Waals surface area contributed by atoms with Gasteiger partial charge in [-0.05, 0) is 38.5 Å². The van der Waals surface area contributed by atoms with Crippen LogP contribution in [-0.4, -0.2) is 18.1 Å². The number of hydroxylamine groups is 1. The monoisotopic (exact) mass is 240 g/mol. The van der Waals surface area contributed by atoms with E-state index in [0.717, 1.165) is 38.5 Å². The van der Waals surface area contributed by atoms with Crippen molar-refractivity contribution < 1.29 is 9.63 Å². The van der Waals surface area contributed by atoms with Gasteiger partial charge < -0.3 is 5.73 Å². The molecule has 0 saturated heterocycles. The summed E-state index contributed by atoms with van der Waals surface area (Å²) >= 11 is 0. The number of hydrogen-bond donors (Lipinski definition) is 2. The topological polar surface area (TPSA) is 64.3 Å². The Morgan fingerprint density at radius 1 is 1.00 bits per heavy atom. The molecule has 1 amide bonds. The van der Waals surface area contributed by atoms with Gasteiger partial charge in [0.05, 0.1) is 6.10 Å². The average molecular weight is 240 g/mol. The Morgan fingerprint density at radius 2 is 1.65 bits per heavy atom. The van der Waals surface area contributed by atoms with E-state index >= 15 is 0 Å². The molecule has 0 aliphatic heterocycles. The number of amides is 1. The van der Waals surface area contributed by atoms with Crippen molar-refractivity contribution >= 4 is 5.91 Å². The van der Waals surface area contributed by atoms with Crippen molar-refractivity contribution in [3.05, 3.63) is 0 Å². The first kappa shape index (κ1) is 12.8. The van der Waals surface area contributed by atoms with E-state index in [1.165, 1.54) is 19.3 Å². The molecule has 0 bridgehead atoms. The molecule has 0 spiro atoms. The second-order valence-electron chi connectivity index (χ2n) is 5.46. The Kier molecular flexibility index (Phi) is 4.80. The SMILES string of the molecule is NC1CCC(ONC(=O)C2CCCCC2)CC1. The van der Waals surface area contributed by atoms with Gasteiger partial charge in [0.2, 0.25) is 5.91 Å². The van der Waals surface area contributed by atoms with Gasteiger partial charge in [-0.3, -0.25) is 9.63 Å². The Morgan fingerprint density at radius 3 is 2.29 bits per heavy atom. The fourth-order valence-electron chi connectivity index (χ4n) is 2.80. The highest BCUT2D eigenvalue weighted by atomic mass is 16.7. The smallest absolute Gasteiger partial charge is 0.246 e. The number of carbonyl (C=O) groups is 1. The van der Waals surface area contributed by atoms with Gasteiger partial charge in [-0.25, -0.2) is 5.48 Å². The maximum Gasteiger partial charge on any atom is 0.246 e. The molecule has 0 atom stereocenters.